The summed E-state index contributed by atoms with van der Waals surface area (Å²) in [5.74, 6) is 1.10. The first kappa shape index (κ1) is 23.1. The summed E-state index contributed by atoms with van der Waals surface area (Å²) < 4.78 is 26.9. The highest BCUT2D eigenvalue weighted by atomic mass is 32.1. The number of hydrogen-bond acceptors (Lipinski definition) is 11. The Balaban J connectivity index is 1.37. The van der Waals surface area contributed by atoms with Gasteiger partial charge < -0.3 is 28.7 Å². The van der Waals surface area contributed by atoms with E-state index in [4.69, 9.17) is 23.4 Å². The molecule has 176 valence electrons. The molecule has 1 N–H and O–H groups in total. The fourth-order valence-corrected chi connectivity index (χ4v) is 3.74. The maximum absolute atomic E-state index is 12.4. The maximum Gasteiger partial charge on any atom is 0.358 e. The lowest BCUT2D eigenvalue weighted by Gasteiger charge is -2.12. The van der Waals surface area contributed by atoms with Crippen molar-refractivity contribution in [3.05, 3.63) is 65.0 Å². The quantitative estimate of drug-likeness (QED) is 0.330. The van der Waals surface area contributed by atoms with E-state index in [1.54, 1.807) is 17.5 Å². The third kappa shape index (κ3) is 5.26. The van der Waals surface area contributed by atoms with Gasteiger partial charge in [-0.25, -0.2) is 9.78 Å². The van der Waals surface area contributed by atoms with Crippen molar-refractivity contribution in [1.82, 2.24) is 15.2 Å². The number of nitrogens with zero attached hydrogens (tertiary/aromatic N) is 3. The van der Waals surface area contributed by atoms with Crippen LogP contribution in [-0.2, 0) is 17.9 Å². The van der Waals surface area contributed by atoms with Crippen LogP contribution in [0, 0.1) is 0 Å². The van der Waals surface area contributed by atoms with E-state index in [0.717, 1.165) is 5.56 Å². The molecule has 2 aromatic heterocycles. The standard InChI is InChI=1S/C23H22N4O6S/c1-29-17-9-15(10-18(30-2)20(17)31-3)21-27-26-19(33-21)12-32-22(28)16-13-34-23(25-16)24-11-14-7-5-4-6-8-14/h4-10,13H,11-12H2,1-3H3,(H,24,25). The fourth-order valence-electron chi connectivity index (χ4n) is 3.06. The second-order valence-electron chi connectivity index (χ2n) is 6.87. The summed E-state index contributed by atoms with van der Waals surface area (Å²) in [6.45, 7) is 0.412. The number of aromatic nitrogens is 3. The molecule has 10 nitrogen and oxygen atoms in total. The third-order valence-electron chi connectivity index (χ3n) is 4.71. The molecule has 4 aromatic rings. The van der Waals surface area contributed by atoms with Crippen molar-refractivity contribution in [1.29, 1.82) is 0 Å². The predicted octanol–water partition coefficient (Wildman–Crippen LogP) is 4.19. The van der Waals surface area contributed by atoms with Crippen LogP contribution < -0.4 is 19.5 Å². The molecule has 0 bridgehead atoms. The second-order valence-corrected chi connectivity index (χ2v) is 7.73. The van der Waals surface area contributed by atoms with Crippen LogP contribution in [0.25, 0.3) is 11.5 Å². The van der Waals surface area contributed by atoms with Gasteiger partial charge in [-0.15, -0.1) is 21.5 Å². The van der Waals surface area contributed by atoms with Crippen LogP contribution in [0.4, 0.5) is 5.13 Å². The first-order valence-corrected chi connectivity index (χ1v) is 11.0. The molecule has 0 unspecified atom stereocenters. The molecule has 2 heterocycles. The lowest BCUT2D eigenvalue weighted by molar-refractivity contribution is 0.0433. The van der Waals surface area contributed by atoms with E-state index >= 15 is 0 Å². The number of esters is 1. The first-order chi connectivity index (χ1) is 16.6. The molecule has 0 aliphatic heterocycles. The molecule has 0 spiro atoms. The van der Waals surface area contributed by atoms with E-state index in [1.165, 1.54) is 32.7 Å². The van der Waals surface area contributed by atoms with E-state index in [1.807, 2.05) is 30.3 Å². The van der Waals surface area contributed by atoms with Crippen molar-refractivity contribution in [3.63, 3.8) is 0 Å². The lowest BCUT2D eigenvalue weighted by atomic mass is 10.2. The van der Waals surface area contributed by atoms with Crippen LogP contribution in [0.15, 0.2) is 52.3 Å². The monoisotopic (exact) mass is 482 g/mol. The first-order valence-electron chi connectivity index (χ1n) is 10.1. The maximum atomic E-state index is 12.4. The van der Waals surface area contributed by atoms with Crippen molar-refractivity contribution < 1.29 is 28.2 Å². The normalized spacial score (nSPS) is 10.6. The second kappa shape index (κ2) is 10.7. The number of carbonyl (C=O) groups is 1. The zero-order valence-corrected chi connectivity index (χ0v) is 19.5. The van der Waals surface area contributed by atoms with Gasteiger partial charge in [0, 0.05) is 17.5 Å². The number of thiazole rings is 1. The minimum absolute atomic E-state index is 0.134. The Labute approximate surface area is 199 Å². The average molecular weight is 483 g/mol. The number of anilines is 1. The van der Waals surface area contributed by atoms with E-state index in [2.05, 4.69) is 20.5 Å². The summed E-state index contributed by atoms with van der Waals surface area (Å²) in [5.41, 5.74) is 1.87. The van der Waals surface area contributed by atoms with Crippen molar-refractivity contribution in [2.75, 3.05) is 26.6 Å². The summed E-state index contributed by atoms with van der Waals surface area (Å²) in [6.07, 6.45) is 0. The van der Waals surface area contributed by atoms with Gasteiger partial charge in [0.15, 0.2) is 28.9 Å². The molecule has 34 heavy (non-hydrogen) atoms. The van der Waals surface area contributed by atoms with Crippen molar-refractivity contribution in [2.24, 2.45) is 0 Å². The molecule has 0 aliphatic carbocycles. The van der Waals surface area contributed by atoms with E-state index in [-0.39, 0.29) is 24.1 Å². The Morgan fingerprint density at radius 3 is 2.44 bits per heavy atom. The van der Waals surface area contributed by atoms with Crippen LogP contribution in [0.1, 0.15) is 21.9 Å². The summed E-state index contributed by atoms with van der Waals surface area (Å²) in [4.78, 5) is 16.6. The largest absolute Gasteiger partial charge is 0.493 e. The molecule has 2 aromatic carbocycles. The van der Waals surface area contributed by atoms with Crippen molar-refractivity contribution in [2.45, 2.75) is 13.2 Å². The van der Waals surface area contributed by atoms with E-state index < -0.39 is 5.97 Å². The van der Waals surface area contributed by atoms with Crippen LogP contribution in [0.5, 0.6) is 17.2 Å². The third-order valence-corrected chi connectivity index (χ3v) is 5.51. The highest BCUT2D eigenvalue weighted by molar-refractivity contribution is 7.13. The number of rotatable bonds is 10. The molecule has 4 rings (SSSR count). The summed E-state index contributed by atoms with van der Waals surface area (Å²) in [5, 5.41) is 13.4. The molecule has 0 aliphatic rings. The Hall–Kier alpha value is -4.12. The van der Waals surface area contributed by atoms with Crippen LogP contribution >= 0.6 is 11.3 Å². The molecular formula is C23H22N4O6S. The van der Waals surface area contributed by atoms with Gasteiger partial charge in [0.25, 0.3) is 5.89 Å². The zero-order valence-electron chi connectivity index (χ0n) is 18.7. The Morgan fingerprint density at radius 1 is 1.03 bits per heavy atom. The number of ether oxygens (including phenoxy) is 4. The smallest absolute Gasteiger partial charge is 0.358 e. The van der Waals surface area contributed by atoms with Crippen LogP contribution in [0.2, 0.25) is 0 Å². The van der Waals surface area contributed by atoms with Gasteiger partial charge in [-0.05, 0) is 17.7 Å². The molecule has 0 atom stereocenters. The number of benzene rings is 2. The van der Waals surface area contributed by atoms with Crippen LogP contribution in [0.3, 0.4) is 0 Å². The van der Waals surface area contributed by atoms with Crippen molar-refractivity contribution in [3.8, 4) is 28.7 Å². The van der Waals surface area contributed by atoms with Gasteiger partial charge in [-0.1, -0.05) is 30.3 Å². The van der Waals surface area contributed by atoms with Gasteiger partial charge in [0.1, 0.15) is 0 Å². The highest BCUT2D eigenvalue weighted by Crippen LogP contribution is 2.40. The fraction of sp³-hybridized carbons (Fsp3) is 0.217. The molecule has 0 amide bonds. The topological polar surface area (TPSA) is 118 Å². The Kier molecular flexibility index (Phi) is 7.23. The number of nitrogens with one attached hydrogen (secondary N) is 1. The van der Waals surface area contributed by atoms with Crippen LogP contribution in [-0.4, -0.2) is 42.5 Å². The molecule has 0 saturated heterocycles. The van der Waals surface area contributed by atoms with E-state index in [9.17, 15) is 4.79 Å². The summed E-state index contributed by atoms with van der Waals surface area (Å²) in [6, 6.07) is 13.3. The summed E-state index contributed by atoms with van der Waals surface area (Å²) in [7, 11) is 4.55. The average Bonchev–Trinajstić information content (AvgIpc) is 3.56. The van der Waals surface area contributed by atoms with E-state index in [0.29, 0.717) is 34.5 Å². The predicted molar refractivity (Wildman–Crippen MR) is 124 cm³/mol. The van der Waals surface area contributed by atoms with Gasteiger partial charge in [-0.3, -0.25) is 0 Å². The number of methoxy groups -OCH3 is 3. The lowest BCUT2D eigenvalue weighted by Crippen LogP contribution is -2.06. The SMILES string of the molecule is COc1cc(-c2nnc(COC(=O)c3csc(NCc4ccccc4)n3)o2)cc(OC)c1OC. The van der Waals surface area contributed by atoms with Gasteiger partial charge in [-0.2, -0.15) is 0 Å². The molecule has 0 saturated carbocycles. The highest BCUT2D eigenvalue weighted by Gasteiger charge is 2.19. The van der Waals surface area contributed by atoms with Gasteiger partial charge in [0.2, 0.25) is 11.6 Å². The molecule has 0 radical (unpaired) electrons. The zero-order chi connectivity index (χ0) is 23.9. The number of carbonyl (C=O) groups excluding carboxylic acids is 1. The molecule has 0 fully saturated rings. The minimum atomic E-state index is -0.587. The molecular weight excluding hydrogens is 460 g/mol. The Morgan fingerprint density at radius 2 is 1.76 bits per heavy atom. The molecule has 11 heteroatoms. The van der Waals surface area contributed by atoms with Gasteiger partial charge in [0.05, 0.1) is 21.3 Å². The van der Waals surface area contributed by atoms with Gasteiger partial charge >= 0.3 is 5.97 Å². The van der Waals surface area contributed by atoms with Crippen molar-refractivity contribution >= 4 is 22.4 Å². The minimum Gasteiger partial charge on any atom is -0.493 e. The summed E-state index contributed by atoms with van der Waals surface area (Å²) >= 11 is 1.32. The number of hydrogen-bond donors (Lipinski definition) is 1. The Bertz CT molecular complexity index is 1230.